The van der Waals surface area contributed by atoms with Gasteiger partial charge in [-0.15, -0.1) is 0 Å². The molecule has 4 N–H and O–H groups in total. The van der Waals surface area contributed by atoms with Crippen LogP contribution in [0.1, 0.15) is 23.3 Å². The number of aliphatic hydroxyl groups excluding tert-OH is 1. The average Bonchev–Trinajstić information content (AvgIpc) is 2.77. The standard InChI is InChI=1S/C10H11FN4O/c11-7-3-1-6(2-4-7)9(12)10-13-8(5-16)14-15-10/h1-4,9,16H,5,12H2,(H,13,14,15). The Morgan fingerprint density at radius 3 is 2.62 bits per heavy atom. The normalized spacial score (nSPS) is 12.7. The fourth-order valence-electron chi connectivity index (χ4n) is 1.34. The van der Waals surface area contributed by atoms with Crippen molar-refractivity contribution in [3.8, 4) is 0 Å². The molecule has 1 heterocycles. The Bertz CT molecular complexity index is 468. The second-order valence-electron chi connectivity index (χ2n) is 3.33. The van der Waals surface area contributed by atoms with E-state index in [1.54, 1.807) is 12.1 Å². The number of nitrogens with two attached hydrogens (primary N) is 1. The number of aromatic nitrogens is 3. The van der Waals surface area contributed by atoms with Crippen LogP contribution in [0.2, 0.25) is 0 Å². The zero-order valence-corrected chi connectivity index (χ0v) is 8.39. The molecule has 5 nitrogen and oxygen atoms in total. The van der Waals surface area contributed by atoms with Crippen molar-refractivity contribution in [2.24, 2.45) is 5.73 Å². The van der Waals surface area contributed by atoms with E-state index >= 15 is 0 Å². The molecule has 1 aromatic carbocycles. The molecule has 0 aliphatic carbocycles. The monoisotopic (exact) mass is 222 g/mol. The highest BCUT2D eigenvalue weighted by atomic mass is 19.1. The molecule has 0 amide bonds. The van der Waals surface area contributed by atoms with Crippen molar-refractivity contribution in [3.05, 3.63) is 47.3 Å². The summed E-state index contributed by atoms with van der Waals surface area (Å²) in [7, 11) is 0. The summed E-state index contributed by atoms with van der Waals surface area (Å²) in [6.07, 6.45) is 0. The zero-order chi connectivity index (χ0) is 11.5. The van der Waals surface area contributed by atoms with Gasteiger partial charge in [-0.1, -0.05) is 12.1 Å². The Labute approximate surface area is 91.1 Å². The first-order valence-corrected chi connectivity index (χ1v) is 4.74. The molecule has 2 rings (SSSR count). The van der Waals surface area contributed by atoms with Crippen molar-refractivity contribution in [2.45, 2.75) is 12.6 Å². The Balaban J connectivity index is 2.24. The largest absolute Gasteiger partial charge is 0.388 e. The summed E-state index contributed by atoms with van der Waals surface area (Å²) in [6, 6.07) is 5.28. The van der Waals surface area contributed by atoms with Gasteiger partial charge in [0.05, 0.1) is 6.04 Å². The maximum absolute atomic E-state index is 12.7. The summed E-state index contributed by atoms with van der Waals surface area (Å²) in [6.45, 7) is -0.219. The van der Waals surface area contributed by atoms with Gasteiger partial charge in [-0.25, -0.2) is 9.37 Å². The van der Waals surface area contributed by atoms with Crippen LogP contribution in [0.15, 0.2) is 24.3 Å². The summed E-state index contributed by atoms with van der Waals surface area (Å²) < 4.78 is 12.7. The van der Waals surface area contributed by atoms with E-state index in [1.807, 2.05) is 0 Å². The molecule has 2 aromatic rings. The lowest BCUT2D eigenvalue weighted by atomic mass is 10.1. The van der Waals surface area contributed by atoms with Gasteiger partial charge < -0.3 is 10.8 Å². The van der Waals surface area contributed by atoms with Gasteiger partial charge in [0, 0.05) is 0 Å². The molecule has 0 saturated heterocycles. The van der Waals surface area contributed by atoms with Gasteiger partial charge >= 0.3 is 0 Å². The van der Waals surface area contributed by atoms with Crippen LogP contribution >= 0.6 is 0 Å². The topological polar surface area (TPSA) is 87.8 Å². The first-order valence-electron chi connectivity index (χ1n) is 4.74. The van der Waals surface area contributed by atoms with E-state index in [0.29, 0.717) is 17.2 Å². The number of nitrogens with one attached hydrogen (secondary N) is 1. The molecule has 0 radical (unpaired) electrons. The van der Waals surface area contributed by atoms with Gasteiger partial charge in [0.25, 0.3) is 0 Å². The first-order chi connectivity index (χ1) is 7.70. The lowest BCUT2D eigenvalue weighted by Crippen LogP contribution is -2.13. The minimum atomic E-state index is -0.530. The lowest BCUT2D eigenvalue weighted by Gasteiger charge is -2.07. The third kappa shape index (κ3) is 2.07. The minimum absolute atomic E-state index is 0.219. The number of nitrogens with zero attached hydrogens (tertiary/aromatic N) is 2. The second kappa shape index (κ2) is 4.38. The zero-order valence-electron chi connectivity index (χ0n) is 8.39. The Hall–Kier alpha value is -1.79. The Kier molecular flexibility index (Phi) is 2.93. The molecule has 0 aliphatic rings. The number of aliphatic hydroxyl groups is 1. The number of halogens is 1. The summed E-state index contributed by atoms with van der Waals surface area (Å²) in [5.74, 6) is 0.408. The van der Waals surface area contributed by atoms with Crippen molar-refractivity contribution in [3.63, 3.8) is 0 Å². The molecule has 1 aromatic heterocycles. The maximum atomic E-state index is 12.7. The first kappa shape index (κ1) is 10.7. The number of H-pyrrole nitrogens is 1. The highest BCUT2D eigenvalue weighted by Gasteiger charge is 2.14. The molecule has 6 heteroatoms. The van der Waals surface area contributed by atoms with Crippen molar-refractivity contribution in [1.29, 1.82) is 0 Å². The smallest absolute Gasteiger partial charge is 0.171 e. The van der Waals surface area contributed by atoms with E-state index in [2.05, 4.69) is 15.2 Å². The Morgan fingerprint density at radius 1 is 1.38 bits per heavy atom. The molecular formula is C10H11FN4O. The van der Waals surface area contributed by atoms with Gasteiger partial charge in [-0.2, -0.15) is 5.10 Å². The molecular weight excluding hydrogens is 211 g/mol. The molecule has 0 bridgehead atoms. The van der Waals surface area contributed by atoms with Crippen LogP contribution in [0.3, 0.4) is 0 Å². The molecule has 1 unspecified atom stereocenters. The van der Waals surface area contributed by atoms with Crippen LogP contribution < -0.4 is 5.73 Å². The highest BCUT2D eigenvalue weighted by molar-refractivity contribution is 5.24. The minimum Gasteiger partial charge on any atom is -0.388 e. The molecule has 0 saturated carbocycles. The van der Waals surface area contributed by atoms with Gasteiger partial charge in [0.2, 0.25) is 0 Å². The molecule has 0 aliphatic heterocycles. The number of aromatic amines is 1. The van der Waals surface area contributed by atoms with E-state index in [0.717, 1.165) is 0 Å². The van der Waals surface area contributed by atoms with Crippen LogP contribution in [0, 0.1) is 5.82 Å². The summed E-state index contributed by atoms with van der Waals surface area (Å²) in [4.78, 5) is 3.99. The number of benzene rings is 1. The van der Waals surface area contributed by atoms with E-state index in [9.17, 15) is 4.39 Å². The van der Waals surface area contributed by atoms with Crippen molar-refractivity contribution >= 4 is 0 Å². The second-order valence-corrected chi connectivity index (χ2v) is 3.33. The average molecular weight is 222 g/mol. The van der Waals surface area contributed by atoms with Gasteiger partial charge in [-0.3, -0.25) is 5.10 Å². The van der Waals surface area contributed by atoms with E-state index < -0.39 is 6.04 Å². The molecule has 0 spiro atoms. The van der Waals surface area contributed by atoms with Crippen LogP contribution in [-0.2, 0) is 6.61 Å². The fourth-order valence-corrected chi connectivity index (χ4v) is 1.34. The summed E-state index contributed by atoms with van der Waals surface area (Å²) in [5, 5.41) is 15.2. The predicted molar refractivity (Wildman–Crippen MR) is 54.7 cm³/mol. The lowest BCUT2D eigenvalue weighted by molar-refractivity contribution is 0.271. The van der Waals surface area contributed by atoms with Gasteiger partial charge in [0.1, 0.15) is 18.2 Å². The molecule has 1 atom stereocenters. The van der Waals surface area contributed by atoms with Crippen LogP contribution in [0.4, 0.5) is 4.39 Å². The van der Waals surface area contributed by atoms with E-state index in [4.69, 9.17) is 10.8 Å². The van der Waals surface area contributed by atoms with E-state index in [-0.39, 0.29) is 12.4 Å². The van der Waals surface area contributed by atoms with Crippen molar-refractivity contribution < 1.29 is 9.50 Å². The van der Waals surface area contributed by atoms with Crippen molar-refractivity contribution in [1.82, 2.24) is 15.2 Å². The third-order valence-electron chi connectivity index (χ3n) is 2.21. The highest BCUT2D eigenvalue weighted by Crippen LogP contribution is 2.16. The summed E-state index contributed by atoms with van der Waals surface area (Å²) >= 11 is 0. The Morgan fingerprint density at radius 2 is 2.06 bits per heavy atom. The van der Waals surface area contributed by atoms with Crippen LogP contribution in [-0.4, -0.2) is 20.3 Å². The summed E-state index contributed by atoms with van der Waals surface area (Å²) in [5.41, 5.74) is 6.60. The molecule has 0 fully saturated rings. The predicted octanol–water partition coefficient (Wildman–Crippen LogP) is 0.484. The van der Waals surface area contributed by atoms with Gasteiger partial charge in [0.15, 0.2) is 5.82 Å². The maximum Gasteiger partial charge on any atom is 0.171 e. The SMILES string of the molecule is NC(c1ccc(F)cc1)c1n[nH]c(CO)n1. The van der Waals surface area contributed by atoms with Crippen LogP contribution in [0.25, 0.3) is 0 Å². The van der Waals surface area contributed by atoms with Crippen molar-refractivity contribution in [2.75, 3.05) is 0 Å². The number of hydrogen-bond donors (Lipinski definition) is 3. The molecule has 16 heavy (non-hydrogen) atoms. The van der Waals surface area contributed by atoms with Gasteiger partial charge in [-0.05, 0) is 17.7 Å². The molecule has 84 valence electrons. The van der Waals surface area contributed by atoms with E-state index in [1.165, 1.54) is 12.1 Å². The quantitative estimate of drug-likeness (QED) is 0.705. The van der Waals surface area contributed by atoms with Crippen LogP contribution in [0.5, 0.6) is 0 Å². The number of hydrogen-bond acceptors (Lipinski definition) is 4. The third-order valence-corrected chi connectivity index (χ3v) is 2.21. The fraction of sp³-hybridized carbons (Fsp3) is 0.200. The number of rotatable bonds is 3.